The highest BCUT2D eigenvalue weighted by Gasteiger charge is 2.22. The highest BCUT2D eigenvalue weighted by molar-refractivity contribution is 5.95. The number of benzene rings is 2. The second-order valence-corrected chi connectivity index (χ2v) is 8.09. The Bertz CT molecular complexity index is 1190. The molecule has 0 bridgehead atoms. The zero-order valence-electron chi connectivity index (χ0n) is 19.0. The normalized spacial score (nSPS) is 14.7. The number of hydrogen-bond acceptors (Lipinski definition) is 5. The van der Waals surface area contributed by atoms with Gasteiger partial charge in [0.15, 0.2) is 0 Å². The molecule has 2 amide bonds. The van der Waals surface area contributed by atoms with Crippen molar-refractivity contribution in [3.63, 3.8) is 0 Å². The maximum Gasteiger partial charge on any atom is 0.269 e. The summed E-state index contributed by atoms with van der Waals surface area (Å²) < 4.78 is 11.3. The lowest BCUT2D eigenvalue weighted by Crippen LogP contribution is -2.38. The number of methoxy groups -OCH3 is 1. The molecule has 0 fully saturated rings. The van der Waals surface area contributed by atoms with Crippen molar-refractivity contribution in [1.29, 1.82) is 0 Å². The number of hydrogen-bond donors (Lipinski definition) is 2. The van der Waals surface area contributed by atoms with E-state index in [1.165, 1.54) is 5.56 Å². The first kappa shape index (κ1) is 22.3. The van der Waals surface area contributed by atoms with Crippen LogP contribution in [0.3, 0.4) is 0 Å². The number of aryl methyl sites for hydroxylation is 2. The third kappa shape index (κ3) is 5.14. The molecule has 0 saturated carbocycles. The van der Waals surface area contributed by atoms with Gasteiger partial charge >= 0.3 is 0 Å². The average molecular weight is 446 g/mol. The van der Waals surface area contributed by atoms with Gasteiger partial charge in [-0.3, -0.25) is 14.6 Å². The van der Waals surface area contributed by atoms with Crippen LogP contribution in [0.1, 0.15) is 44.0 Å². The van der Waals surface area contributed by atoms with Crippen molar-refractivity contribution < 1.29 is 19.1 Å². The fourth-order valence-corrected chi connectivity index (χ4v) is 4.07. The van der Waals surface area contributed by atoms with Crippen molar-refractivity contribution >= 4 is 11.8 Å². The lowest BCUT2D eigenvalue weighted by Gasteiger charge is -2.26. The Hall–Kier alpha value is -3.87. The zero-order chi connectivity index (χ0) is 23.4. The first-order valence-corrected chi connectivity index (χ1v) is 10.9. The molecular formula is C26H27N3O4. The molecule has 1 aliphatic rings. The number of rotatable bonds is 6. The van der Waals surface area contributed by atoms with Gasteiger partial charge < -0.3 is 20.1 Å². The molecule has 1 heterocycles. The number of ether oxygens (including phenoxy) is 2. The van der Waals surface area contributed by atoms with Gasteiger partial charge in [-0.1, -0.05) is 6.07 Å². The molecule has 2 aromatic carbocycles. The lowest BCUT2D eigenvalue weighted by molar-refractivity contribution is 0.0931. The zero-order valence-corrected chi connectivity index (χ0v) is 19.0. The van der Waals surface area contributed by atoms with E-state index in [2.05, 4.69) is 21.7 Å². The summed E-state index contributed by atoms with van der Waals surface area (Å²) in [6.07, 6.45) is 4.05. The van der Waals surface area contributed by atoms with E-state index in [0.29, 0.717) is 22.8 Å². The van der Waals surface area contributed by atoms with Crippen molar-refractivity contribution in [1.82, 2.24) is 15.6 Å². The van der Waals surface area contributed by atoms with Crippen LogP contribution in [0.15, 0.2) is 54.7 Å². The summed E-state index contributed by atoms with van der Waals surface area (Å²) in [7, 11) is 3.18. The quantitative estimate of drug-likeness (QED) is 0.602. The van der Waals surface area contributed by atoms with E-state index in [1.807, 2.05) is 31.2 Å². The molecule has 1 aromatic heterocycles. The Labute approximate surface area is 193 Å². The minimum Gasteiger partial charge on any atom is -0.496 e. The number of aromatic nitrogens is 1. The number of fused-ring (bicyclic) bond motifs is 1. The molecule has 33 heavy (non-hydrogen) atoms. The van der Waals surface area contributed by atoms with Crippen LogP contribution in [-0.2, 0) is 12.8 Å². The number of carbonyl (C=O) groups excluding carboxylic acids is 2. The molecule has 7 nitrogen and oxygen atoms in total. The average Bonchev–Trinajstić information content (AvgIpc) is 2.83. The summed E-state index contributed by atoms with van der Waals surface area (Å²) in [4.78, 5) is 28.7. The van der Waals surface area contributed by atoms with Crippen molar-refractivity contribution in [2.24, 2.45) is 0 Å². The van der Waals surface area contributed by atoms with Gasteiger partial charge in [0, 0.05) is 30.9 Å². The molecule has 0 aliphatic heterocycles. The number of nitrogens with zero attached hydrogens (tertiary/aromatic N) is 1. The van der Waals surface area contributed by atoms with E-state index >= 15 is 0 Å². The standard InChI is InChI=1S/C26H27N3O4/c1-16-12-18(6-9-24(16)32-3)25(30)29-20-7-4-17-5-8-21(14-19(17)13-20)33-22-10-11-28-23(15-22)26(31)27-2/h5-6,8-12,14-15,20H,4,7,13H2,1-3H3,(H,27,31)(H,29,30). The molecule has 0 radical (unpaired) electrons. The maximum absolute atomic E-state index is 12.8. The SMILES string of the molecule is CNC(=O)c1cc(Oc2ccc3c(c2)CC(NC(=O)c2ccc(OC)c(C)c2)CC3)ccn1. The molecule has 4 rings (SSSR count). The predicted octanol–water partition coefficient (Wildman–Crippen LogP) is 3.84. The molecule has 1 atom stereocenters. The minimum atomic E-state index is -0.267. The molecule has 170 valence electrons. The minimum absolute atomic E-state index is 0.0448. The van der Waals surface area contributed by atoms with E-state index in [-0.39, 0.29) is 17.9 Å². The predicted molar refractivity (Wildman–Crippen MR) is 125 cm³/mol. The summed E-state index contributed by atoms with van der Waals surface area (Å²) in [5.74, 6) is 1.64. The molecule has 1 aliphatic carbocycles. The molecule has 2 N–H and O–H groups in total. The summed E-state index contributed by atoms with van der Waals surface area (Å²) in [5, 5.41) is 5.72. The van der Waals surface area contributed by atoms with Crippen LogP contribution >= 0.6 is 0 Å². The van der Waals surface area contributed by atoms with Crippen LogP contribution < -0.4 is 20.1 Å². The van der Waals surface area contributed by atoms with E-state index in [4.69, 9.17) is 9.47 Å². The Morgan fingerprint density at radius 1 is 1.00 bits per heavy atom. The van der Waals surface area contributed by atoms with Crippen LogP contribution in [-0.4, -0.2) is 37.0 Å². The first-order valence-electron chi connectivity index (χ1n) is 10.9. The smallest absolute Gasteiger partial charge is 0.269 e. The second kappa shape index (κ2) is 9.73. The lowest BCUT2D eigenvalue weighted by atomic mass is 9.88. The fraction of sp³-hybridized carbons (Fsp3) is 0.269. The van der Waals surface area contributed by atoms with Crippen molar-refractivity contribution in [2.45, 2.75) is 32.2 Å². The van der Waals surface area contributed by atoms with Gasteiger partial charge in [0.1, 0.15) is 22.9 Å². The second-order valence-electron chi connectivity index (χ2n) is 8.09. The molecule has 0 saturated heterocycles. The van der Waals surface area contributed by atoms with Gasteiger partial charge in [-0.2, -0.15) is 0 Å². The van der Waals surface area contributed by atoms with E-state index in [1.54, 1.807) is 38.6 Å². The summed E-state index contributed by atoms with van der Waals surface area (Å²) in [5.41, 5.74) is 4.26. The van der Waals surface area contributed by atoms with Gasteiger partial charge in [0.05, 0.1) is 7.11 Å². The van der Waals surface area contributed by atoms with Crippen molar-refractivity contribution in [2.75, 3.05) is 14.2 Å². The summed E-state index contributed by atoms with van der Waals surface area (Å²) in [6, 6.07) is 14.8. The number of carbonyl (C=O) groups is 2. The Morgan fingerprint density at radius 2 is 1.82 bits per heavy atom. The molecular weight excluding hydrogens is 418 g/mol. The summed E-state index contributed by atoms with van der Waals surface area (Å²) in [6.45, 7) is 1.93. The fourth-order valence-electron chi connectivity index (χ4n) is 4.07. The third-order valence-corrected chi connectivity index (χ3v) is 5.83. The Morgan fingerprint density at radius 3 is 2.58 bits per heavy atom. The number of amides is 2. The highest BCUT2D eigenvalue weighted by atomic mass is 16.5. The van der Waals surface area contributed by atoms with Gasteiger partial charge in [-0.15, -0.1) is 0 Å². The Kier molecular flexibility index (Phi) is 6.58. The van der Waals surface area contributed by atoms with E-state index < -0.39 is 0 Å². The van der Waals surface area contributed by atoms with E-state index in [9.17, 15) is 9.59 Å². The van der Waals surface area contributed by atoms with Crippen molar-refractivity contribution in [3.8, 4) is 17.2 Å². The molecule has 7 heteroatoms. The van der Waals surface area contributed by atoms with Crippen molar-refractivity contribution in [3.05, 3.63) is 82.7 Å². The van der Waals surface area contributed by atoms with Crippen LogP contribution in [0.4, 0.5) is 0 Å². The van der Waals surface area contributed by atoms with Crippen LogP contribution in [0, 0.1) is 6.92 Å². The Balaban J connectivity index is 1.44. The summed E-state index contributed by atoms with van der Waals surface area (Å²) >= 11 is 0. The van der Waals surface area contributed by atoms with Gasteiger partial charge in [0.25, 0.3) is 11.8 Å². The molecule has 3 aromatic rings. The topological polar surface area (TPSA) is 89.6 Å². The van der Waals surface area contributed by atoms with Crippen LogP contribution in [0.25, 0.3) is 0 Å². The van der Waals surface area contributed by atoms with Crippen LogP contribution in [0.5, 0.6) is 17.2 Å². The van der Waals surface area contributed by atoms with E-state index in [0.717, 1.165) is 36.1 Å². The highest BCUT2D eigenvalue weighted by Crippen LogP contribution is 2.29. The van der Waals surface area contributed by atoms with Gasteiger partial charge in [-0.25, -0.2) is 0 Å². The monoisotopic (exact) mass is 445 g/mol. The maximum atomic E-state index is 12.8. The van der Waals surface area contributed by atoms with Gasteiger partial charge in [-0.05, 0) is 79.3 Å². The number of nitrogens with one attached hydrogen (secondary N) is 2. The molecule has 1 unspecified atom stereocenters. The number of pyridine rings is 1. The largest absolute Gasteiger partial charge is 0.496 e. The first-order chi connectivity index (χ1) is 16.0. The van der Waals surface area contributed by atoms with Crippen LogP contribution in [0.2, 0.25) is 0 Å². The molecule has 0 spiro atoms. The van der Waals surface area contributed by atoms with Gasteiger partial charge in [0.2, 0.25) is 0 Å². The third-order valence-electron chi connectivity index (χ3n) is 5.83.